The van der Waals surface area contributed by atoms with Gasteiger partial charge in [-0.25, -0.2) is 9.78 Å². The number of ether oxygens (including phenoxy) is 1. The van der Waals surface area contributed by atoms with Crippen LogP contribution < -0.4 is 10.6 Å². The van der Waals surface area contributed by atoms with Gasteiger partial charge in [-0.3, -0.25) is 9.78 Å². The fourth-order valence-electron chi connectivity index (χ4n) is 5.02. The molecule has 0 saturated carbocycles. The van der Waals surface area contributed by atoms with E-state index in [0.29, 0.717) is 42.2 Å². The van der Waals surface area contributed by atoms with Crippen LogP contribution in [-0.2, 0) is 24.3 Å². The maximum atomic E-state index is 13.8. The Kier molecular flexibility index (Phi) is 11.4. The minimum atomic E-state index is -1.08. The van der Waals surface area contributed by atoms with Crippen LogP contribution >= 0.6 is 11.3 Å². The van der Waals surface area contributed by atoms with Crippen LogP contribution in [0.1, 0.15) is 41.1 Å². The number of alkyl carbamates (subject to hydrolysis) is 1. The molecule has 2 atom stereocenters. The number of anilines is 1. The third kappa shape index (κ3) is 9.38. The zero-order valence-electron chi connectivity index (χ0n) is 25.9. The first-order chi connectivity index (χ1) is 22.3. The number of nitrogens with one attached hydrogen (secondary N) is 2. The molecule has 5 aromatic rings. The van der Waals surface area contributed by atoms with Gasteiger partial charge in [-0.05, 0) is 42.5 Å². The molecule has 0 unspecified atom stereocenters. The lowest BCUT2D eigenvalue weighted by atomic mass is 10.00. The molecule has 0 aliphatic carbocycles. The van der Waals surface area contributed by atoms with E-state index < -0.39 is 18.2 Å². The van der Waals surface area contributed by atoms with Crippen molar-refractivity contribution in [1.29, 1.82) is 0 Å². The van der Waals surface area contributed by atoms with Crippen LogP contribution in [0.25, 0.3) is 11.1 Å². The van der Waals surface area contributed by atoms with Gasteiger partial charge in [-0.1, -0.05) is 44.2 Å². The number of imidazole rings is 1. The van der Waals surface area contributed by atoms with E-state index in [1.54, 1.807) is 47.3 Å². The highest BCUT2D eigenvalue weighted by Crippen LogP contribution is 2.22. The van der Waals surface area contributed by atoms with Crippen molar-refractivity contribution in [3.8, 4) is 0 Å². The molecule has 0 saturated heterocycles. The van der Waals surface area contributed by atoms with E-state index in [4.69, 9.17) is 9.15 Å². The molecular weight excluding hydrogens is 606 g/mol. The van der Waals surface area contributed by atoms with E-state index in [0.717, 1.165) is 23.4 Å². The second-order valence-corrected chi connectivity index (χ2v) is 12.4. The largest absolute Gasteiger partial charge is 0.444 e. The molecule has 242 valence electrons. The molecule has 2 amide bonds. The maximum Gasteiger partial charge on any atom is 0.407 e. The molecule has 0 fully saturated rings. The van der Waals surface area contributed by atoms with Crippen LogP contribution in [0.5, 0.6) is 0 Å². The van der Waals surface area contributed by atoms with Crippen molar-refractivity contribution in [1.82, 2.24) is 29.7 Å². The molecule has 0 radical (unpaired) electrons. The number of aryl methyl sites for hydroxylation is 1. The molecule has 5 rings (SSSR count). The van der Waals surface area contributed by atoms with Crippen molar-refractivity contribution in [2.75, 3.05) is 25.0 Å². The number of aliphatic hydroxyl groups excluding tert-OH is 1. The molecule has 0 aliphatic heterocycles. The van der Waals surface area contributed by atoms with E-state index in [2.05, 4.69) is 25.6 Å². The zero-order chi connectivity index (χ0) is 32.3. The summed E-state index contributed by atoms with van der Waals surface area (Å²) >= 11 is 1.39. The first kappa shape index (κ1) is 32.6. The summed E-state index contributed by atoms with van der Waals surface area (Å²) in [6, 6.07) is 14.4. The van der Waals surface area contributed by atoms with Crippen LogP contribution in [0.3, 0.4) is 0 Å². The lowest BCUT2D eigenvalue weighted by Gasteiger charge is -2.31. The Morgan fingerprint density at radius 3 is 2.72 bits per heavy atom. The predicted octanol–water partition coefficient (Wildman–Crippen LogP) is 4.98. The third-order valence-corrected chi connectivity index (χ3v) is 7.99. The average molecular weight is 646 g/mol. The van der Waals surface area contributed by atoms with Crippen LogP contribution in [0.15, 0.2) is 83.4 Å². The van der Waals surface area contributed by atoms with Gasteiger partial charge in [-0.15, -0.1) is 11.3 Å². The average Bonchev–Trinajstić information content (AvgIpc) is 3.84. The minimum Gasteiger partial charge on any atom is -0.444 e. The number of carbonyl (C=O) groups is 2. The quantitative estimate of drug-likeness (QED) is 0.126. The van der Waals surface area contributed by atoms with Gasteiger partial charge in [-0.2, -0.15) is 4.98 Å². The fourth-order valence-corrected chi connectivity index (χ4v) is 5.53. The molecule has 13 heteroatoms. The number of nitrogens with zero attached hydrogens (tertiary/aromatic N) is 5. The van der Waals surface area contributed by atoms with E-state index >= 15 is 0 Å². The molecule has 3 aromatic heterocycles. The summed E-state index contributed by atoms with van der Waals surface area (Å²) < 4.78 is 13.3. The number of aliphatic hydroxyl groups is 1. The van der Waals surface area contributed by atoms with Crippen LogP contribution in [0.2, 0.25) is 0 Å². The van der Waals surface area contributed by atoms with Gasteiger partial charge in [0.05, 0.1) is 28.9 Å². The molecule has 2 aromatic carbocycles. The fraction of sp³-hybridized carbons (Fsp3) is 0.364. The Morgan fingerprint density at radius 1 is 1.13 bits per heavy atom. The van der Waals surface area contributed by atoms with Gasteiger partial charge in [0.1, 0.15) is 12.1 Å². The summed E-state index contributed by atoms with van der Waals surface area (Å²) in [5, 5.41) is 17.5. The maximum absolute atomic E-state index is 13.8. The highest BCUT2D eigenvalue weighted by molar-refractivity contribution is 7.09. The van der Waals surface area contributed by atoms with Crippen LogP contribution in [0.4, 0.5) is 10.8 Å². The van der Waals surface area contributed by atoms with Crippen molar-refractivity contribution < 1.29 is 23.8 Å². The van der Waals surface area contributed by atoms with Gasteiger partial charge in [0, 0.05) is 50.3 Å². The van der Waals surface area contributed by atoms with Crippen molar-refractivity contribution in [2.45, 2.75) is 52.0 Å². The topological polar surface area (TPSA) is 148 Å². The Bertz CT molecular complexity index is 1660. The summed E-state index contributed by atoms with van der Waals surface area (Å²) in [7, 11) is 0. The van der Waals surface area contributed by atoms with Gasteiger partial charge < -0.3 is 34.4 Å². The number of rotatable bonds is 16. The number of hydrogen-bond donors (Lipinski definition) is 3. The normalized spacial score (nSPS) is 12.6. The smallest absolute Gasteiger partial charge is 0.407 e. The number of fused-ring (bicyclic) bond motifs is 1. The Hall–Kier alpha value is -4.75. The lowest BCUT2D eigenvalue weighted by molar-refractivity contribution is 0.0494. The molecule has 3 N–H and O–H groups in total. The number of benzene rings is 2. The molecule has 12 nitrogen and oxygen atoms in total. The molecule has 3 heterocycles. The van der Waals surface area contributed by atoms with E-state index in [1.165, 1.54) is 11.3 Å². The Morgan fingerprint density at radius 2 is 1.98 bits per heavy atom. The number of amides is 2. The van der Waals surface area contributed by atoms with Crippen molar-refractivity contribution in [3.05, 3.63) is 95.0 Å². The number of hydrogen-bond acceptors (Lipinski definition) is 10. The van der Waals surface area contributed by atoms with Crippen molar-refractivity contribution in [3.63, 3.8) is 0 Å². The predicted molar refractivity (Wildman–Crippen MR) is 175 cm³/mol. The zero-order valence-corrected chi connectivity index (χ0v) is 26.7. The molecule has 0 bridgehead atoms. The molecule has 46 heavy (non-hydrogen) atoms. The first-order valence-electron chi connectivity index (χ1n) is 15.3. The monoisotopic (exact) mass is 645 g/mol. The van der Waals surface area contributed by atoms with Crippen LogP contribution in [-0.4, -0.2) is 73.3 Å². The number of thiazole rings is 1. The van der Waals surface area contributed by atoms with Gasteiger partial charge in [0.2, 0.25) is 0 Å². The SMILES string of the molecule is CC(C)CN(C[C@@H](O)[C@H](Cc1ccccc1)NC(=O)OCc1cncs1)C(=O)c1ccc2nc(NCCCn3ccnc3)oc2c1. The minimum absolute atomic E-state index is 0.00179. The molecule has 0 spiro atoms. The van der Waals surface area contributed by atoms with Gasteiger partial charge in [0.25, 0.3) is 11.9 Å². The summed E-state index contributed by atoms with van der Waals surface area (Å²) in [4.78, 5) is 41.6. The van der Waals surface area contributed by atoms with Gasteiger partial charge in [0.15, 0.2) is 5.58 Å². The van der Waals surface area contributed by atoms with E-state index in [-0.39, 0.29) is 25.0 Å². The second-order valence-electron chi connectivity index (χ2n) is 11.4. The lowest BCUT2D eigenvalue weighted by Crippen LogP contribution is -2.51. The second kappa shape index (κ2) is 16.0. The number of carbonyl (C=O) groups excluding carboxylic acids is 2. The highest BCUT2D eigenvalue weighted by Gasteiger charge is 2.28. The molecular formula is C33H39N7O5S. The molecule has 0 aliphatic rings. The Balaban J connectivity index is 1.25. The summed E-state index contributed by atoms with van der Waals surface area (Å²) in [5.74, 6) is -0.125. The van der Waals surface area contributed by atoms with Gasteiger partial charge >= 0.3 is 6.09 Å². The Labute approximate surface area is 271 Å². The highest BCUT2D eigenvalue weighted by atomic mass is 32.1. The van der Waals surface area contributed by atoms with Crippen molar-refractivity contribution >= 4 is 40.5 Å². The van der Waals surface area contributed by atoms with Crippen molar-refractivity contribution in [2.24, 2.45) is 5.92 Å². The van der Waals surface area contributed by atoms with E-state index in [9.17, 15) is 14.7 Å². The third-order valence-electron chi connectivity index (χ3n) is 7.24. The van der Waals surface area contributed by atoms with Crippen LogP contribution in [0, 0.1) is 5.92 Å². The number of aromatic nitrogens is 4. The van der Waals surface area contributed by atoms with E-state index in [1.807, 2.05) is 54.9 Å². The number of oxazole rings is 1. The first-order valence-corrected chi connectivity index (χ1v) is 16.1. The summed E-state index contributed by atoms with van der Waals surface area (Å²) in [6.07, 6.45) is 6.56. The summed E-state index contributed by atoms with van der Waals surface area (Å²) in [6.45, 7) is 5.98. The summed E-state index contributed by atoms with van der Waals surface area (Å²) in [5.41, 5.74) is 4.13. The standard InChI is InChI=1S/C33H39N7O5S/c1-23(2)18-40(19-29(41)28(15-24-7-4-3-5-8-24)38-33(43)44-20-26-17-35-22-46-26)31(42)25-9-10-27-30(16-25)45-32(37-27)36-11-6-13-39-14-12-34-21-39/h3-5,7-10,12,14,16-17,21-23,28-29,41H,6,11,13,15,18-20H2,1-2H3,(H,36,37)(H,38,43)/t28-,29+/m0/s1.